The molecular weight excluding hydrogens is 230 g/mol. The Kier molecular flexibility index (Phi) is 4.99. The van der Waals surface area contributed by atoms with Crippen molar-refractivity contribution in [2.24, 2.45) is 0 Å². The van der Waals surface area contributed by atoms with Gasteiger partial charge in [0.05, 0.1) is 12.6 Å². The summed E-state index contributed by atoms with van der Waals surface area (Å²) in [4.78, 5) is 11.7. The lowest BCUT2D eigenvalue weighted by atomic mass is 10.2. The number of hydrogen-bond donors (Lipinski definition) is 3. The third-order valence-electron chi connectivity index (χ3n) is 2.77. The van der Waals surface area contributed by atoms with E-state index < -0.39 is 0 Å². The zero-order valence-electron chi connectivity index (χ0n) is 10.3. The fourth-order valence-electron chi connectivity index (χ4n) is 1.82. The lowest BCUT2D eigenvalue weighted by Gasteiger charge is -2.23. The average Bonchev–Trinajstić information content (AvgIpc) is 2.45. The van der Waals surface area contributed by atoms with E-state index in [0.29, 0.717) is 19.7 Å². The summed E-state index contributed by atoms with van der Waals surface area (Å²) in [6.07, 6.45) is 0. The van der Waals surface area contributed by atoms with Crippen molar-refractivity contribution < 1.29 is 9.53 Å². The topological polar surface area (TPSA) is 62.4 Å². The quantitative estimate of drug-likeness (QED) is 0.629. The number of para-hydroxylation sites is 1. The SMILES string of the molecule is O=C(NCCOc1ccccc1)C1CNCCN1. The van der Waals surface area contributed by atoms with Crippen molar-refractivity contribution in [1.29, 1.82) is 0 Å². The number of rotatable bonds is 5. The van der Waals surface area contributed by atoms with E-state index in [4.69, 9.17) is 4.74 Å². The van der Waals surface area contributed by atoms with Crippen LogP contribution in [0.1, 0.15) is 0 Å². The van der Waals surface area contributed by atoms with Crippen molar-refractivity contribution in [3.63, 3.8) is 0 Å². The maximum absolute atomic E-state index is 11.7. The molecule has 0 saturated carbocycles. The Balaban J connectivity index is 1.61. The number of nitrogens with one attached hydrogen (secondary N) is 3. The monoisotopic (exact) mass is 249 g/mol. The smallest absolute Gasteiger partial charge is 0.238 e. The highest BCUT2D eigenvalue weighted by molar-refractivity contribution is 5.82. The largest absolute Gasteiger partial charge is 0.492 e. The van der Waals surface area contributed by atoms with Gasteiger partial charge in [0.15, 0.2) is 0 Å². The molecule has 1 aliphatic rings. The maximum Gasteiger partial charge on any atom is 0.238 e. The van der Waals surface area contributed by atoms with Crippen LogP contribution in [0.3, 0.4) is 0 Å². The molecule has 0 bridgehead atoms. The van der Waals surface area contributed by atoms with Crippen LogP contribution in [0, 0.1) is 0 Å². The molecule has 98 valence electrons. The Labute approximate surface area is 107 Å². The van der Waals surface area contributed by atoms with Gasteiger partial charge in [0, 0.05) is 19.6 Å². The summed E-state index contributed by atoms with van der Waals surface area (Å²) in [5.74, 6) is 0.850. The van der Waals surface area contributed by atoms with Crippen molar-refractivity contribution in [2.45, 2.75) is 6.04 Å². The summed E-state index contributed by atoms with van der Waals surface area (Å²) in [5.41, 5.74) is 0. The van der Waals surface area contributed by atoms with Gasteiger partial charge >= 0.3 is 0 Å². The highest BCUT2D eigenvalue weighted by atomic mass is 16.5. The molecule has 1 fully saturated rings. The fourth-order valence-corrected chi connectivity index (χ4v) is 1.82. The number of carbonyl (C=O) groups excluding carboxylic acids is 1. The zero-order chi connectivity index (χ0) is 12.6. The van der Waals surface area contributed by atoms with Crippen LogP contribution >= 0.6 is 0 Å². The molecule has 1 aromatic rings. The van der Waals surface area contributed by atoms with E-state index in [1.54, 1.807) is 0 Å². The first kappa shape index (κ1) is 12.9. The second-order valence-electron chi connectivity index (χ2n) is 4.16. The fraction of sp³-hybridized carbons (Fsp3) is 0.462. The average molecular weight is 249 g/mol. The molecule has 2 rings (SSSR count). The first-order valence-corrected chi connectivity index (χ1v) is 6.26. The number of piperazine rings is 1. The van der Waals surface area contributed by atoms with Gasteiger partial charge in [-0.05, 0) is 12.1 Å². The molecule has 1 atom stereocenters. The van der Waals surface area contributed by atoms with Gasteiger partial charge in [0.2, 0.25) is 5.91 Å². The predicted molar refractivity (Wildman–Crippen MR) is 69.6 cm³/mol. The molecular formula is C13H19N3O2. The number of hydrogen-bond acceptors (Lipinski definition) is 4. The normalized spacial score (nSPS) is 19.2. The van der Waals surface area contributed by atoms with Crippen LogP contribution in [0.2, 0.25) is 0 Å². The third kappa shape index (κ3) is 4.01. The molecule has 1 amide bonds. The minimum atomic E-state index is -0.129. The van der Waals surface area contributed by atoms with Crippen molar-refractivity contribution in [3.8, 4) is 5.75 Å². The minimum absolute atomic E-state index is 0.0267. The van der Waals surface area contributed by atoms with Crippen molar-refractivity contribution in [2.75, 3.05) is 32.8 Å². The lowest BCUT2D eigenvalue weighted by Crippen LogP contribution is -2.56. The van der Waals surface area contributed by atoms with Crippen molar-refractivity contribution >= 4 is 5.91 Å². The van der Waals surface area contributed by atoms with Crippen LogP contribution in [0.25, 0.3) is 0 Å². The molecule has 1 unspecified atom stereocenters. The predicted octanol–water partition coefficient (Wildman–Crippen LogP) is -0.257. The summed E-state index contributed by atoms with van der Waals surface area (Å²) in [6.45, 7) is 3.44. The van der Waals surface area contributed by atoms with Gasteiger partial charge in [-0.25, -0.2) is 0 Å². The number of carbonyl (C=O) groups is 1. The molecule has 1 saturated heterocycles. The van der Waals surface area contributed by atoms with Crippen LogP contribution in [-0.2, 0) is 4.79 Å². The van der Waals surface area contributed by atoms with E-state index in [0.717, 1.165) is 18.8 Å². The van der Waals surface area contributed by atoms with Crippen LogP contribution < -0.4 is 20.7 Å². The van der Waals surface area contributed by atoms with E-state index in [1.165, 1.54) is 0 Å². The van der Waals surface area contributed by atoms with Gasteiger partial charge in [0.1, 0.15) is 12.4 Å². The van der Waals surface area contributed by atoms with E-state index in [9.17, 15) is 4.79 Å². The van der Waals surface area contributed by atoms with E-state index in [-0.39, 0.29) is 11.9 Å². The Hall–Kier alpha value is -1.59. The molecule has 1 heterocycles. The number of benzene rings is 1. The second-order valence-corrected chi connectivity index (χ2v) is 4.16. The number of amides is 1. The molecule has 5 heteroatoms. The van der Waals surface area contributed by atoms with Gasteiger partial charge in [0.25, 0.3) is 0 Å². The first-order valence-electron chi connectivity index (χ1n) is 6.26. The molecule has 1 aliphatic heterocycles. The van der Waals surface area contributed by atoms with Crippen LogP contribution in [0.15, 0.2) is 30.3 Å². The van der Waals surface area contributed by atoms with E-state index >= 15 is 0 Å². The van der Waals surface area contributed by atoms with Gasteiger partial charge in [-0.3, -0.25) is 4.79 Å². The van der Waals surface area contributed by atoms with E-state index in [2.05, 4.69) is 16.0 Å². The second kappa shape index (κ2) is 6.98. The zero-order valence-corrected chi connectivity index (χ0v) is 10.3. The summed E-state index contributed by atoms with van der Waals surface area (Å²) < 4.78 is 5.49. The van der Waals surface area contributed by atoms with Crippen LogP contribution in [0.5, 0.6) is 5.75 Å². The highest BCUT2D eigenvalue weighted by Gasteiger charge is 2.19. The molecule has 0 aromatic heterocycles. The molecule has 5 nitrogen and oxygen atoms in total. The van der Waals surface area contributed by atoms with Crippen LogP contribution in [0.4, 0.5) is 0 Å². The summed E-state index contributed by atoms with van der Waals surface area (Å²) in [5, 5.41) is 9.20. The molecule has 0 spiro atoms. The molecule has 0 radical (unpaired) electrons. The van der Waals surface area contributed by atoms with E-state index in [1.807, 2.05) is 30.3 Å². The summed E-state index contributed by atoms with van der Waals surface area (Å²) >= 11 is 0. The Morgan fingerprint density at radius 2 is 2.17 bits per heavy atom. The first-order chi connectivity index (χ1) is 8.86. The molecule has 1 aromatic carbocycles. The van der Waals surface area contributed by atoms with Gasteiger partial charge in [-0.2, -0.15) is 0 Å². The van der Waals surface area contributed by atoms with Gasteiger partial charge in [-0.1, -0.05) is 18.2 Å². The highest BCUT2D eigenvalue weighted by Crippen LogP contribution is 2.07. The Bertz CT molecular complexity index is 364. The molecule has 0 aliphatic carbocycles. The molecule has 18 heavy (non-hydrogen) atoms. The van der Waals surface area contributed by atoms with Crippen LogP contribution in [-0.4, -0.2) is 44.7 Å². The standard InChI is InChI=1S/C13H19N3O2/c17-13(12-10-14-6-7-15-12)16-8-9-18-11-4-2-1-3-5-11/h1-5,12,14-15H,6-10H2,(H,16,17). The third-order valence-corrected chi connectivity index (χ3v) is 2.77. The summed E-state index contributed by atoms with van der Waals surface area (Å²) in [7, 11) is 0. The Morgan fingerprint density at radius 1 is 1.33 bits per heavy atom. The summed E-state index contributed by atoms with van der Waals surface area (Å²) in [6, 6.07) is 9.45. The molecule has 3 N–H and O–H groups in total. The maximum atomic E-state index is 11.7. The number of ether oxygens (including phenoxy) is 1. The minimum Gasteiger partial charge on any atom is -0.492 e. The van der Waals surface area contributed by atoms with Gasteiger partial charge in [-0.15, -0.1) is 0 Å². The Morgan fingerprint density at radius 3 is 2.89 bits per heavy atom. The van der Waals surface area contributed by atoms with Gasteiger partial charge < -0.3 is 20.7 Å². The van der Waals surface area contributed by atoms with Crippen molar-refractivity contribution in [1.82, 2.24) is 16.0 Å². The van der Waals surface area contributed by atoms with Crippen molar-refractivity contribution in [3.05, 3.63) is 30.3 Å². The lowest BCUT2D eigenvalue weighted by molar-refractivity contribution is -0.123.